The van der Waals surface area contributed by atoms with Crippen LogP contribution in [0.25, 0.3) is 17.3 Å². The fourth-order valence-electron chi connectivity index (χ4n) is 1.78. The second-order valence-electron chi connectivity index (χ2n) is 4.03. The zero-order valence-corrected chi connectivity index (χ0v) is 11.8. The Hall–Kier alpha value is -2.13. The lowest BCUT2D eigenvalue weighted by atomic mass is 10.0. The number of pyridine rings is 1. The Morgan fingerprint density at radius 3 is 2.90 bits per heavy atom. The third-order valence-corrected chi connectivity index (χ3v) is 2.88. The van der Waals surface area contributed by atoms with Crippen LogP contribution >= 0.6 is 11.6 Å². The van der Waals surface area contributed by atoms with Crippen LogP contribution in [0.2, 0.25) is 5.02 Å². The molecule has 3 nitrogen and oxygen atoms in total. The van der Waals surface area contributed by atoms with Crippen LogP contribution in [0.4, 0.5) is 0 Å². The van der Waals surface area contributed by atoms with Gasteiger partial charge in [0.05, 0.1) is 12.3 Å². The lowest BCUT2D eigenvalue weighted by Crippen LogP contribution is -1.98. The fraction of sp³-hybridized carbons (Fsp3) is 0.125. The molecule has 0 radical (unpaired) electrons. The molecule has 2 aromatic rings. The highest BCUT2D eigenvalue weighted by Gasteiger charge is 2.05. The number of benzene rings is 1. The number of hydrogen-bond acceptors (Lipinski definition) is 3. The average molecular weight is 288 g/mol. The Morgan fingerprint density at radius 1 is 1.35 bits per heavy atom. The predicted molar refractivity (Wildman–Crippen MR) is 80.4 cm³/mol. The van der Waals surface area contributed by atoms with Gasteiger partial charge in [0.15, 0.2) is 0 Å². The molecule has 4 heteroatoms. The van der Waals surface area contributed by atoms with E-state index in [1.807, 2.05) is 24.3 Å². The zero-order valence-electron chi connectivity index (χ0n) is 11.0. The first kappa shape index (κ1) is 14.3. The smallest absolute Gasteiger partial charge is 0.330 e. The van der Waals surface area contributed by atoms with E-state index in [4.69, 9.17) is 16.3 Å². The molecule has 1 heterocycles. The summed E-state index contributed by atoms with van der Waals surface area (Å²) in [5.41, 5.74) is 2.56. The van der Waals surface area contributed by atoms with Crippen LogP contribution in [0.1, 0.15) is 12.5 Å². The third kappa shape index (κ3) is 3.68. The van der Waals surface area contributed by atoms with E-state index in [0.29, 0.717) is 11.6 Å². The van der Waals surface area contributed by atoms with Crippen molar-refractivity contribution < 1.29 is 9.53 Å². The van der Waals surface area contributed by atoms with Gasteiger partial charge >= 0.3 is 5.97 Å². The van der Waals surface area contributed by atoms with Gasteiger partial charge in [0.25, 0.3) is 0 Å². The number of halogens is 1. The van der Waals surface area contributed by atoms with Gasteiger partial charge in [0.1, 0.15) is 0 Å². The molecule has 0 unspecified atom stereocenters. The van der Waals surface area contributed by atoms with Gasteiger partial charge in [-0.25, -0.2) is 4.79 Å². The van der Waals surface area contributed by atoms with Gasteiger partial charge < -0.3 is 4.74 Å². The average Bonchev–Trinajstić information content (AvgIpc) is 2.46. The number of hydrogen-bond donors (Lipinski definition) is 0. The molecule has 0 bridgehead atoms. The Bertz CT molecular complexity index is 624. The molecule has 0 amide bonds. The van der Waals surface area contributed by atoms with Gasteiger partial charge in [-0.3, -0.25) is 4.98 Å². The molecule has 0 aliphatic carbocycles. The van der Waals surface area contributed by atoms with Crippen LogP contribution in [0.5, 0.6) is 0 Å². The second kappa shape index (κ2) is 6.87. The van der Waals surface area contributed by atoms with E-state index in [1.54, 1.807) is 31.3 Å². The first-order valence-corrected chi connectivity index (χ1v) is 6.64. The summed E-state index contributed by atoms with van der Waals surface area (Å²) in [4.78, 5) is 15.7. The largest absolute Gasteiger partial charge is 0.463 e. The van der Waals surface area contributed by atoms with Crippen molar-refractivity contribution in [3.8, 4) is 11.3 Å². The SMILES string of the molecule is CCOC(=O)/C=C/c1cc(Cl)ccc1-c1ccccn1. The molecule has 0 saturated heterocycles. The number of carbonyl (C=O) groups is 1. The second-order valence-corrected chi connectivity index (χ2v) is 4.47. The van der Waals surface area contributed by atoms with E-state index >= 15 is 0 Å². The minimum atomic E-state index is -0.376. The molecule has 0 aliphatic heterocycles. The summed E-state index contributed by atoms with van der Waals surface area (Å²) < 4.78 is 4.87. The van der Waals surface area contributed by atoms with Crippen LogP contribution in [0, 0.1) is 0 Å². The van der Waals surface area contributed by atoms with E-state index in [0.717, 1.165) is 16.8 Å². The standard InChI is InChI=1S/C16H14ClNO2/c1-2-20-16(19)9-6-12-11-13(17)7-8-14(12)15-5-3-4-10-18-15/h3-11H,2H2,1H3/b9-6+. The molecule has 20 heavy (non-hydrogen) atoms. The molecular formula is C16H14ClNO2. The van der Waals surface area contributed by atoms with Crippen molar-refractivity contribution in [2.45, 2.75) is 6.92 Å². The number of ether oxygens (including phenoxy) is 1. The molecule has 0 aliphatic rings. The molecule has 1 aromatic carbocycles. The van der Waals surface area contributed by atoms with Gasteiger partial charge in [-0.15, -0.1) is 0 Å². The third-order valence-electron chi connectivity index (χ3n) is 2.64. The van der Waals surface area contributed by atoms with Crippen molar-refractivity contribution in [3.05, 3.63) is 59.3 Å². The molecule has 0 fully saturated rings. The molecule has 1 aromatic heterocycles. The van der Waals surface area contributed by atoms with E-state index in [-0.39, 0.29) is 5.97 Å². The number of nitrogens with zero attached hydrogens (tertiary/aromatic N) is 1. The Labute approximate surface area is 122 Å². The molecule has 0 N–H and O–H groups in total. The summed E-state index contributed by atoms with van der Waals surface area (Å²) >= 11 is 6.01. The first-order chi connectivity index (χ1) is 9.70. The van der Waals surface area contributed by atoms with Crippen LogP contribution in [-0.2, 0) is 9.53 Å². The van der Waals surface area contributed by atoms with Crippen LogP contribution in [0.3, 0.4) is 0 Å². The lowest BCUT2D eigenvalue weighted by molar-refractivity contribution is -0.137. The van der Waals surface area contributed by atoms with Crippen LogP contribution < -0.4 is 0 Å². The number of carbonyl (C=O) groups excluding carboxylic acids is 1. The molecular weight excluding hydrogens is 274 g/mol. The monoisotopic (exact) mass is 287 g/mol. The van der Waals surface area contributed by atoms with Gasteiger partial charge in [0, 0.05) is 22.9 Å². The topological polar surface area (TPSA) is 39.2 Å². The Morgan fingerprint density at radius 2 is 2.20 bits per heavy atom. The summed E-state index contributed by atoms with van der Waals surface area (Å²) in [5.74, 6) is -0.376. The Balaban J connectivity index is 2.37. The van der Waals surface area contributed by atoms with Gasteiger partial charge in [-0.05, 0) is 42.8 Å². The highest BCUT2D eigenvalue weighted by atomic mass is 35.5. The maximum absolute atomic E-state index is 11.4. The first-order valence-electron chi connectivity index (χ1n) is 6.26. The summed E-state index contributed by atoms with van der Waals surface area (Å²) in [7, 11) is 0. The van der Waals surface area contributed by atoms with Gasteiger partial charge in [-0.1, -0.05) is 23.7 Å². The zero-order chi connectivity index (χ0) is 14.4. The van der Waals surface area contributed by atoms with E-state index < -0.39 is 0 Å². The maximum Gasteiger partial charge on any atom is 0.330 e. The quantitative estimate of drug-likeness (QED) is 0.631. The molecule has 0 atom stereocenters. The number of esters is 1. The Kier molecular flexibility index (Phi) is 4.91. The summed E-state index contributed by atoms with van der Waals surface area (Å²) in [6, 6.07) is 11.2. The van der Waals surface area contributed by atoms with E-state index in [2.05, 4.69) is 4.98 Å². The van der Waals surface area contributed by atoms with Crippen molar-refractivity contribution in [3.63, 3.8) is 0 Å². The summed E-state index contributed by atoms with van der Waals surface area (Å²) in [6.07, 6.45) is 4.80. The van der Waals surface area contributed by atoms with Crippen molar-refractivity contribution in [1.29, 1.82) is 0 Å². The van der Waals surface area contributed by atoms with E-state index in [1.165, 1.54) is 6.08 Å². The maximum atomic E-state index is 11.4. The van der Waals surface area contributed by atoms with Crippen molar-refractivity contribution in [2.24, 2.45) is 0 Å². The summed E-state index contributed by atoms with van der Waals surface area (Å²) in [6.45, 7) is 2.12. The minimum Gasteiger partial charge on any atom is -0.463 e. The van der Waals surface area contributed by atoms with Crippen molar-refractivity contribution in [2.75, 3.05) is 6.61 Å². The predicted octanol–water partition coefficient (Wildman–Crippen LogP) is 3.98. The van der Waals surface area contributed by atoms with E-state index in [9.17, 15) is 4.79 Å². The normalized spacial score (nSPS) is 10.7. The molecule has 0 spiro atoms. The van der Waals surface area contributed by atoms with Crippen molar-refractivity contribution in [1.82, 2.24) is 4.98 Å². The number of rotatable bonds is 4. The fourth-order valence-corrected chi connectivity index (χ4v) is 1.96. The van der Waals surface area contributed by atoms with Crippen LogP contribution in [-0.4, -0.2) is 17.6 Å². The molecule has 102 valence electrons. The highest BCUT2D eigenvalue weighted by molar-refractivity contribution is 6.30. The summed E-state index contributed by atoms with van der Waals surface area (Å²) in [5, 5.41) is 0.605. The lowest BCUT2D eigenvalue weighted by Gasteiger charge is -2.06. The molecule has 0 saturated carbocycles. The minimum absolute atomic E-state index is 0.353. The highest BCUT2D eigenvalue weighted by Crippen LogP contribution is 2.26. The van der Waals surface area contributed by atoms with Gasteiger partial charge in [-0.2, -0.15) is 0 Å². The number of aromatic nitrogens is 1. The van der Waals surface area contributed by atoms with Crippen molar-refractivity contribution >= 4 is 23.6 Å². The molecule has 2 rings (SSSR count). The van der Waals surface area contributed by atoms with Crippen LogP contribution in [0.15, 0.2) is 48.7 Å². The van der Waals surface area contributed by atoms with Gasteiger partial charge in [0.2, 0.25) is 0 Å².